The largest absolute Gasteiger partial charge is 0.464 e. The molecular weight excluding hydrogens is 312 g/mol. The van der Waals surface area contributed by atoms with Crippen molar-refractivity contribution in [2.75, 3.05) is 24.7 Å². The lowest BCUT2D eigenvalue weighted by atomic mass is 10.3. The van der Waals surface area contributed by atoms with Crippen LogP contribution in [0, 0.1) is 0 Å². The van der Waals surface area contributed by atoms with Crippen LogP contribution >= 0.6 is 50.5 Å². The van der Waals surface area contributed by atoms with Crippen LogP contribution in [0.25, 0.3) is 0 Å². The van der Waals surface area contributed by atoms with Gasteiger partial charge in [0.05, 0.1) is 12.8 Å². The Morgan fingerprint density at radius 3 is 1.44 bits per heavy atom. The summed E-state index contributed by atoms with van der Waals surface area (Å²) in [5, 5.41) is -0.186. The maximum absolute atomic E-state index is 11.2. The molecule has 0 rings (SSSR count). The van der Waals surface area contributed by atoms with Gasteiger partial charge in [-0.05, 0) is 0 Å². The van der Waals surface area contributed by atoms with E-state index in [0.29, 0.717) is 11.5 Å². The summed E-state index contributed by atoms with van der Waals surface area (Å²) in [4.78, 5) is 22.5. The molecule has 0 aromatic carbocycles. The number of hydrogen-bond donors (Lipinski definition) is 4. The molecule has 0 aromatic heterocycles. The molecule has 0 aliphatic rings. The minimum atomic E-state index is -0.440. The van der Waals surface area contributed by atoms with Crippen LogP contribution in [-0.4, -0.2) is 47.2 Å². The van der Waals surface area contributed by atoms with Gasteiger partial charge in [0.1, 0.15) is 13.2 Å². The maximum atomic E-state index is 11.2. The Morgan fingerprint density at radius 2 is 1.17 bits per heavy atom. The first-order valence-corrected chi connectivity index (χ1v) is 7.68. The summed E-state index contributed by atoms with van der Waals surface area (Å²) in [5.41, 5.74) is 0. The molecule has 0 spiro atoms. The van der Waals surface area contributed by atoms with Crippen molar-refractivity contribution >= 4 is 62.5 Å². The molecule has 0 unspecified atom stereocenters. The van der Waals surface area contributed by atoms with E-state index in [1.165, 1.54) is 0 Å². The Bertz CT molecular complexity index is 236. The van der Waals surface area contributed by atoms with Crippen LogP contribution in [0.4, 0.5) is 0 Å². The molecule has 0 aromatic rings. The predicted octanol–water partition coefficient (Wildman–Crippen LogP) is 1.31. The van der Waals surface area contributed by atoms with Crippen LogP contribution in [0.3, 0.4) is 0 Å². The number of thiol groups is 4. The van der Waals surface area contributed by atoms with E-state index in [0.717, 1.165) is 0 Å². The Kier molecular flexibility index (Phi) is 11.4. The van der Waals surface area contributed by atoms with Gasteiger partial charge in [-0.2, -0.15) is 50.5 Å². The van der Waals surface area contributed by atoms with Crippen LogP contribution in [0.2, 0.25) is 0 Å². The standard InChI is InChI=1S/C10H18O4S4/c11-9(13-3-7(17)5-15)1-2-10(12)14-4-8(18)6-16/h7-8,15-18H,1-6H2/t7-,8-/m0/s1. The zero-order valence-corrected chi connectivity index (χ0v) is 13.4. The van der Waals surface area contributed by atoms with Gasteiger partial charge in [-0.3, -0.25) is 9.59 Å². The number of hydrogen-bond acceptors (Lipinski definition) is 8. The first kappa shape index (κ1) is 18.3. The van der Waals surface area contributed by atoms with E-state index >= 15 is 0 Å². The number of carbonyl (C=O) groups is 2. The van der Waals surface area contributed by atoms with Crippen LogP contribution in [0.1, 0.15) is 12.8 Å². The van der Waals surface area contributed by atoms with Gasteiger partial charge < -0.3 is 9.47 Å². The molecule has 0 bridgehead atoms. The fourth-order valence-electron chi connectivity index (χ4n) is 0.832. The minimum Gasteiger partial charge on any atom is -0.464 e. The summed E-state index contributed by atoms with van der Waals surface area (Å²) in [6, 6.07) is 0. The highest BCUT2D eigenvalue weighted by Crippen LogP contribution is 2.03. The van der Waals surface area contributed by atoms with E-state index in [2.05, 4.69) is 50.5 Å². The van der Waals surface area contributed by atoms with Gasteiger partial charge in [0, 0.05) is 22.0 Å². The SMILES string of the molecule is O=C(CCC(=O)OC[C@H](S)CS)OC[C@H](S)CS. The molecular formula is C10H18O4S4. The topological polar surface area (TPSA) is 52.6 Å². The summed E-state index contributed by atoms with van der Waals surface area (Å²) in [7, 11) is 0. The summed E-state index contributed by atoms with van der Waals surface area (Å²) in [5.74, 6) is 0.158. The Hall–Kier alpha value is 0.340. The second kappa shape index (κ2) is 11.2. The molecule has 0 saturated heterocycles. The second-order valence-electron chi connectivity index (χ2n) is 3.54. The van der Waals surface area contributed by atoms with Gasteiger partial charge in [-0.25, -0.2) is 0 Å². The Morgan fingerprint density at radius 1 is 0.833 bits per heavy atom. The van der Waals surface area contributed by atoms with Crippen molar-refractivity contribution in [3.8, 4) is 0 Å². The first-order valence-electron chi connectivity index (χ1n) is 5.38. The molecule has 18 heavy (non-hydrogen) atoms. The summed E-state index contributed by atoms with van der Waals surface area (Å²) in [6.45, 7) is 0.387. The summed E-state index contributed by atoms with van der Waals surface area (Å²) < 4.78 is 9.79. The Labute approximate surface area is 129 Å². The maximum Gasteiger partial charge on any atom is 0.306 e. The molecule has 0 N–H and O–H groups in total. The number of rotatable bonds is 9. The van der Waals surface area contributed by atoms with Gasteiger partial charge >= 0.3 is 11.9 Å². The third-order valence-corrected chi connectivity index (χ3v) is 3.95. The number of ether oxygens (including phenoxy) is 2. The second-order valence-corrected chi connectivity index (χ2v) is 5.73. The van der Waals surface area contributed by atoms with Crippen molar-refractivity contribution in [3.05, 3.63) is 0 Å². The van der Waals surface area contributed by atoms with Crippen molar-refractivity contribution in [1.82, 2.24) is 0 Å². The number of carbonyl (C=O) groups excluding carboxylic acids is 2. The molecule has 0 heterocycles. The lowest BCUT2D eigenvalue weighted by molar-refractivity contribution is -0.150. The third kappa shape index (κ3) is 10.3. The lowest BCUT2D eigenvalue weighted by Crippen LogP contribution is -2.18. The van der Waals surface area contributed by atoms with E-state index < -0.39 is 11.9 Å². The molecule has 4 nitrogen and oxygen atoms in total. The first-order chi connectivity index (χ1) is 8.49. The van der Waals surface area contributed by atoms with E-state index in [1.54, 1.807) is 0 Å². The zero-order valence-electron chi connectivity index (χ0n) is 9.82. The van der Waals surface area contributed by atoms with E-state index in [1.807, 2.05) is 0 Å². The zero-order chi connectivity index (χ0) is 14.0. The van der Waals surface area contributed by atoms with Crippen molar-refractivity contribution in [2.24, 2.45) is 0 Å². The highest BCUT2D eigenvalue weighted by Gasteiger charge is 2.11. The minimum absolute atomic E-state index is 0.00398. The van der Waals surface area contributed by atoms with Crippen LogP contribution < -0.4 is 0 Å². The lowest BCUT2D eigenvalue weighted by Gasteiger charge is -2.10. The molecule has 0 saturated carbocycles. The highest BCUT2D eigenvalue weighted by atomic mass is 32.1. The third-order valence-electron chi connectivity index (χ3n) is 1.83. The van der Waals surface area contributed by atoms with Gasteiger partial charge in [-0.15, -0.1) is 0 Å². The van der Waals surface area contributed by atoms with Gasteiger partial charge in [0.15, 0.2) is 0 Å². The molecule has 0 radical (unpaired) electrons. The van der Waals surface area contributed by atoms with Crippen LogP contribution in [0.15, 0.2) is 0 Å². The molecule has 0 amide bonds. The fraction of sp³-hybridized carbons (Fsp3) is 0.800. The van der Waals surface area contributed by atoms with Crippen LogP contribution in [0.5, 0.6) is 0 Å². The number of esters is 2. The quantitative estimate of drug-likeness (QED) is 0.380. The average molecular weight is 331 g/mol. The molecule has 2 atom stereocenters. The monoisotopic (exact) mass is 330 g/mol. The normalized spacial score (nSPS) is 13.8. The summed E-state index contributed by atoms with van der Waals surface area (Å²) in [6.07, 6.45) is 0.00797. The molecule has 106 valence electrons. The van der Waals surface area contributed by atoms with Gasteiger partial charge in [0.25, 0.3) is 0 Å². The molecule has 0 aliphatic heterocycles. The van der Waals surface area contributed by atoms with Crippen molar-refractivity contribution in [1.29, 1.82) is 0 Å². The predicted molar refractivity (Wildman–Crippen MR) is 84.4 cm³/mol. The molecule has 8 heteroatoms. The van der Waals surface area contributed by atoms with Crippen molar-refractivity contribution < 1.29 is 19.1 Å². The van der Waals surface area contributed by atoms with E-state index in [-0.39, 0.29) is 36.6 Å². The average Bonchev–Trinajstić information content (AvgIpc) is 2.39. The highest BCUT2D eigenvalue weighted by molar-refractivity contribution is 7.85. The Balaban J connectivity index is 3.62. The fourth-order valence-corrected chi connectivity index (χ4v) is 1.19. The van der Waals surface area contributed by atoms with Crippen LogP contribution in [-0.2, 0) is 19.1 Å². The van der Waals surface area contributed by atoms with E-state index in [4.69, 9.17) is 9.47 Å². The van der Waals surface area contributed by atoms with Gasteiger partial charge in [-0.1, -0.05) is 0 Å². The van der Waals surface area contributed by atoms with E-state index in [9.17, 15) is 9.59 Å². The molecule has 0 fully saturated rings. The van der Waals surface area contributed by atoms with Gasteiger partial charge in [0.2, 0.25) is 0 Å². The van der Waals surface area contributed by atoms with Crippen molar-refractivity contribution in [3.63, 3.8) is 0 Å². The van der Waals surface area contributed by atoms with Crippen molar-refractivity contribution in [2.45, 2.75) is 23.3 Å². The smallest absolute Gasteiger partial charge is 0.306 e. The summed E-state index contributed by atoms with van der Waals surface area (Å²) >= 11 is 16.2. The molecule has 0 aliphatic carbocycles.